The number of aromatic nitrogens is 3. The van der Waals surface area contributed by atoms with Crippen molar-refractivity contribution >= 4 is 36.0 Å². The number of guanidine groups is 1. The Bertz CT molecular complexity index is 665. The van der Waals surface area contributed by atoms with Crippen LogP contribution in [0.1, 0.15) is 50.2 Å². The molecule has 1 saturated heterocycles. The summed E-state index contributed by atoms with van der Waals surface area (Å²) in [5.74, 6) is 2.56. The van der Waals surface area contributed by atoms with Crippen LogP contribution < -0.4 is 10.6 Å². The molecule has 2 fully saturated rings. The second kappa shape index (κ2) is 10.8. The first kappa shape index (κ1) is 22.7. The molecule has 1 aliphatic heterocycles. The van der Waals surface area contributed by atoms with E-state index in [2.05, 4.69) is 20.8 Å². The van der Waals surface area contributed by atoms with Crippen molar-refractivity contribution in [3.05, 3.63) is 11.6 Å². The first-order valence-electron chi connectivity index (χ1n) is 9.82. The molecule has 1 saturated carbocycles. The molecule has 0 radical (unpaired) electrons. The van der Waals surface area contributed by atoms with Crippen molar-refractivity contribution in [3.63, 3.8) is 0 Å². The number of nitrogens with zero attached hydrogens (tertiary/aromatic N) is 5. The standard InChI is InChI=1S/C18H31N7O2.HI/c1-13-22-23-16(24(13)2)12-19-17(20-14-6-4-5-7-14)21-15-8-10-25(11-9-15)18(26)27-3;/h14-15H,4-12H2,1-3H3,(H2,19,20,21);1H. The Morgan fingerprint density at radius 1 is 1.14 bits per heavy atom. The Morgan fingerprint density at radius 2 is 1.75 bits per heavy atom. The summed E-state index contributed by atoms with van der Waals surface area (Å²) < 4.78 is 6.77. The topological polar surface area (TPSA) is 96.7 Å². The van der Waals surface area contributed by atoms with Crippen molar-refractivity contribution in [1.82, 2.24) is 30.3 Å². The summed E-state index contributed by atoms with van der Waals surface area (Å²) >= 11 is 0. The predicted molar refractivity (Wildman–Crippen MR) is 118 cm³/mol. The number of aliphatic imine (C=N–C) groups is 1. The summed E-state index contributed by atoms with van der Waals surface area (Å²) in [5, 5.41) is 15.4. The van der Waals surface area contributed by atoms with Crippen LogP contribution in [0.4, 0.5) is 4.79 Å². The highest BCUT2D eigenvalue weighted by Crippen LogP contribution is 2.18. The van der Waals surface area contributed by atoms with Crippen molar-refractivity contribution in [3.8, 4) is 0 Å². The van der Waals surface area contributed by atoms with E-state index in [0.717, 1.165) is 30.5 Å². The Balaban J connectivity index is 0.00000280. The van der Waals surface area contributed by atoms with Crippen LogP contribution in [0, 0.1) is 6.92 Å². The molecule has 0 bridgehead atoms. The summed E-state index contributed by atoms with van der Waals surface area (Å²) in [6.45, 7) is 3.82. The van der Waals surface area contributed by atoms with Crippen LogP contribution in [-0.2, 0) is 18.3 Å². The van der Waals surface area contributed by atoms with Gasteiger partial charge >= 0.3 is 6.09 Å². The molecule has 1 aromatic heterocycles. The molecule has 2 N–H and O–H groups in total. The van der Waals surface area contributed by atoms with Crippen LogP contribution in [0.25, 0.3) is 0 Å². The zero-order valence-electron chi connectivity index (χ0n) is 17.0. The molecule has 1 amide bonds. The summed E-state index contributed by atoms with van der Waals surface area (Å²) in [4.78, 5) is 18.2. The Labute approximate surface area is 183 Å². The number of carbonyl (C=O) groups excluding carboxylic acids is 1. The minimum atomic E-state index is -0.246. The quantitative estimate of drug-likeness (QED) is 0.369. The highest BCUT2D eigenvalue weighted by Gasteiger charge is 2.25. The lowest BCUT2D eigenvalue weighted by molar-refractivity contribution is 0.111. The highest BCUT2D eigenvalue weighted by molar-refractivity contribution is 14.0. The van der Waals surface area contributed by atoms with E-state index in [1.54, 1.807) is 4.90 Å². The van der Waals surface area contributed by atoms with E-state index in [4.69, 9.17) is 9.73 Å². The van der Waals surface area contributed by atoms with Gasteiger partial charge in [0.05, 0.1) is 7.11 Å². The number of methoxy groups -OCH3 is 1. The van der Waals surface area contributed by atoms with Gasteiger partial charge in [0.1, 0.15) is 12.4 Å². The largest absolute Gasteiger partial charge is 0.453 e. The van der Waals surface area contributed by atoms with Gasteiger partial charge in [-0.25, -0.2) is 9.79 Å². The van der Waals surface area contributed by atoms with Crippen LogP contribution in [0.3, 0.4) is 0 Å². The third-order valence-electron chi connectivity index (χ3n) is 5.53. The number of piperidine rings is 1. The third-order valence-corrected chi connectivity index (χ3v) is 5.53. The van der Waals surface area contributed by atoms with Gasteiger partial charge in [0, 0.05) is 32.2 Å². The Kier molecular flexibility index (Phi) is 8.77. The minimum absolute atomic E-state index is 0. The normalized spacial score (nSPS) is 18.7. The van der Waals surface area contributed by atoms with Gasteiger partial charge in [0.15, 0.2) is 11.8 Å². The van der Waals surface area contributed by atoms with Gasteiger partial charge in [-0.3, -0.25) is 0 Å². The first-order chi connectivity index (χ1) is 13.1. The minimum Gasteiger partial charge on any atom is -0.453 e. The van der Waals surface area contributed by atoms with E-state index in [0.29, 0.717) is 31.7 Å². The van der Waals surface area contributed by atoms with Crippen LogP contribution in [0.2, 0.25) is 0 Å². The van der Waals surface area contributed by atoms with E-state index in [1.807, 2.05) is 18.5 Å². The number of halogens is 1. The first-order valence-corrected chi connectivity index (χ1v) is 9.82. The third kappa shape index (κ3) is 5.95. The maximum atomic E-state index is 11.7. The van der Waals surface area contributed by atoms with Crippen LogP contribution in [0.5, 0.6) is 0 Å². The van der Waals surface area contributed by atoms with E-state index in [9.17, 15) is 4.79 Å². The zero-order chi connectivity index (χ0) is 19.2. The highest BCUT2D eigenvalue weighted by atomic mass is 127. The SMILES string of the molecule is COC(=O)N1CCC(NC(=NCc2nnc(C)n2C)NC2CCCC2)CC1.I. The van der Waals surface area contributed by atoms with E-state index < -0.39 is 0 Å². The van der Waals surface area contributed by atoms with Crippen LogP contribution in [-0.4, -0.2) is 64.0 Å². The van der Waals surface area contributed by atoms with Gasteiger partial charge < -0.3 is 24.8 Å². The summed E-state index contributed by atoms with van der Waals surface area (Å²) in [6.07, 6.45) is 6.42. The van der Waals surface area contributed by atoms with E-state index in [-0.39, 0.29) is 30.1 Å². The number of carbonyl (C=O) groups is 1. The second-order valence-electron chi connectivity index (χ2n) is 7.39. The molecule has 158 valence electrons. The number of likely N-dealkylation sites (tertiary alicyclic amines) is 1. The monoisotopic (exact) mass is 505 g/mol. The summed E-state index contributed by atoms with van der Waals surface area (Å²) in [7, 11) is 3.39. The molecule has 1 aliphatic carbocycles. The Hall–Kier alpha value is -1.59. The maximum absolute atomic E-state index is 11.7. The summed E-state index contributed by atoms with van der Waals surface area (Å²) in [6, 6.07) is 0.771. The van der Waals surface area contributed by atoms with E-state index in [1.165, 1.54) is 32.8 Å². The molecule has 2 heterocycles. The number of hydrogen-bond acceptors (Lipinski definition) is 5. The fourth-order valence-corrected chi connectivity index (χ4v) is 3.66. The van der Waals surface area contributed by atoms with Gasteiger partial charge in [-0.1, -0.05) is 12.8 Å². The van der Waals surface area contributed by atoms with Crippen molar-refractivity contribution in [2.45, 2.75) is 64.1 Å². The number of rotatable bonds is 4. The molecule has 9 nitrogen and oxygen atoms in total. The van der Waals surface area contributed by atoms with Crippen molar-refractivity contribution < 1.29 is 9.53 Å². The molecule has 28 heavy (non-hydrogen) atoms. The molecule has 0 unspecified atom stereocenters. The molecular formula is C18H32IN7O2. The molecule has 10 heteroatoms. The van der Waals surface area contributed by atoms with Gasteiger partial charge in [0.2, 0.25) is 0 Å². The number of nitrogens with one attached hydrogen (secondary N) is 2. The lowest BCUT2D eigenvalue weighted by Crippen LogP contribution is -2.51. The fraction of sp³-hybridized carbons (Fsp3) is 0.778. The average Bonchev–Trinajstić information content (AvgIpc) is 3.30. The zero-order valence-corrected chi connectivity index (χ0v) is 19.3. The smallest absolute Gasteiger partial charge is 0.409 e. The molecule has 0 atom stereocenters. The Morgan fingerprint density at radius 3 is 2.29 bits per heavy atom. The van der Waals surface area contributed by atoms with E-state index >= 15 is 0 Å². The summed E-state index contributed by atoms with van der Waals surface area (Å²) in [5.41, 5.74) is 0. The molecule has 0 aromatic carbocycles. The van der Waals surface area contributed by atoms with Crippen molar-refractivity contribution in [1.29, 1.82) is 0 Å². The lowest BCUT2D eigenvalue weighted by atomic mass is 10.1. The molecule has 0 spiro atoms. The van der Waals surface area contributed by atoms with Gasteiger partial charge in [0.25, 0.3) is 0 Å². The fourth-order valence-electron chi connectivity index (χ4n) is 3.66. The molecule has 3 rings (SSSR count). The average molecular weight is 505 g/mol. The van der Waals surface area contributed by atoms with Crippen LogP contribution in [0.15, 0.2) is 4.99 Å². The lowest BCUT2D eigenvalue weighted by Gasteiger charge is -2.32. The van der Waals surface area contributed by atoms with Crippen LogP contribution >= 0.6 is 24.0 Å². The molecule has 2 aliphatic rings. The number of ether oxygens (including phenoxy) is 1. The van der Waals surface area contributed by atoms with Crippen molar-refractivity contribution in [2.24, 2.45) is 12.0 Å². The van der Waals surface area contributed by atoms with Crippen molar-refractivity contribution in [2.75, 3.05) is 20.2 Å². The number of amides is 1. The second-order valence-corrected chi connectivity index (χ2v) is 7.39. The maximum Gasteiger partial charge on any atom is 0.409 e. The number of aryl methyl sites for hydroxylation is 1. The molecule has 1 aromatic rings. The molecular weight excluding hydrogens is 473 g/mol. The van der Waals surface area contributed by atoms with Gasteiger partial charge in [-0.05, 0) is 32.6 Å². The van der Waals surface area contributed by atoms with Gasteiger partial charge in [-0.15, -0.1) is 34.2 Å². The number of hydrogen-bond donors (Lipinski definition) is 2. The predicted octanol–water partition coefficient (Wildman–Crippen LogP) is 1.95. The van der Waals surface area contributed by atoms with Gasteiger partial charge in [-0.2, -0.15) is 0 Å².